The number of carboxylic acids is 1. The molecule has 0 fully saturated rings. The zero-order chi connectivity index (χ0) is 14.9. The Bertz CT molecular complexity index is 267. The van der Waals surface area contributed by atoms with Crippen LogP contribution in [0.5, 0.6) is 0 Å². The molecule has 0 aromatic carbocycles. The van der Waals surface area contributed by atoms with Gasteiger partial charge in [0.15, 0.2) is 0 Å². The lowest BCUT2D eigenvalue weighted by Crippen LogP contribution is -1.92. The molecular formula is C18H32O2. The molecule has 1 N–H and O–H groups in total. The Kier molecular flexibility index (Phi) is 15.2. The van der Waals surface area contributed by atoms with Gasteiger partial charge in [-0.05, 0) is 44.9 Å². The van der Waals surface area contributed by atoms with E-state index in [4.69, 9.17) is 5.11 Å². The van der Waals surface area contributed by atoms with Crippen molar-refractivity contribution in [2.45, 2.75) is 84.0 Å². The molecule has 20 heavy (non-hydrogen) atoms. The van der Waals surface area contributed by atoms with Crippen LogP contribution in [-0.2, 0) is 4.79 Å². The van der Waals surface area contributed by atoms with Crippen LogP contribution in [0, 0.1) is 0 Å². The van der Waals surface area contributed by atoms with Gasteiger partial charge in [-0.3, -0.25) is 4.79 Å². The summed E-state index contributed by atoms with van der Waals surface area (Å²) in [6, 6.07) is 0. The molecule has 0 aliphatic heterocycles. The minimum atomic E-state index is -0.692. The Morgan fingerprint density at radius 2 is 1.20 bits per heavy atom. The van der Waals surface area contributed by atoms with Gasteiger partial charge < -0.3 is 5.11 Å². The molecular weight excluding hydrogens is 248 g/mol. The summed E-state index contributed by atoms with van der Waals surface area (Å²) in [7, 11) is 0. The number of carboxylic acid groups (broad SMARTS) is 1. The Hall–Kier alpha value is -1.05. The summed E-state index contributed by atoms with van der Waals surface area (Å²) in [5.41, 5.74) is 0. The summed E-state index contributed by atoms with van der Waals surface area (Å²) < 4.78 is 0. The number of carbonyl (C=O) groups is 1. The molecule has 116 valence electrons. The third kappa shape index (κ3) is 16.9. The van der Waals surface area contributed by atoms with Gasteiger partial charge in [0, 0.05) is 6.42 Å². The first-order chi connectivity index (χ1) is 9.77. The van der Waals surface area contributed by atoms with Gasteiger partial charge in [0.25, 0.3) is 0 Å². The van der Waals surface area contributed by atoms with Crippen LogP contribution < -0.4 is 0 Å². The van der Waals surface area contributed by atoms with Crippen molar-refractivity contribution >= 4 is 5.97 Å². The highest BCUT2D eigenvalue weighted by Crippen LogP contribution is 2.07. The number of allylic oxidation sites excluding steroid dienone is 4. The number of hydrogen-bond acceptors (Lipinski definition) is 1. The lowest BCUT2D eigenvalue weighted by molar-refractivity contribution is -0.137. The monoisotopic (exact) mass is 280 g/mol. The molecule has 2 nitrogen and oxygen atoms in total. The molecule has 0 aromatic heterocycles. The number of aliphatic carboxylic acids is 1. The van der Waals surface area contributed by atoms with Crippen molar-refractivity contribution < 1.29 is 9.90 Å². The topological polar surface area (TPSA) is 37.3 Å². The summed E-state index contributed by atoms with van der Waals surface area (Å²) >= 11 is 0. The largest absolute Gasteiger partial charge is 0.481 e. The highest BCUT2D eigenvalue weighted by Gasteiger charge is 1.93. The zero-order valence-electron chi connectivity index (χ0n) is 13.2. The van der Waals surface area contributed by atoms with E-state index in [0.717, 1.165) is 19.3 Å². The summed E-state index contributed by atoms with van der Waals surface area (Å²) in [6.45, 7) is 2.23. The van der Waals surface area contributed by atoms with Crippen molar-refractivity contribution in [3.8, 4) is 0 Å². The number of rotatable bonds is 14. The van der Waals surface area contributed by atoms with Gasteiger partial charge >= 0.3 is 5.97 Å². The van der Waals surface area contributed by atoms with Crippen LogP contribution in [0.4, 0.5) is 0 Å². The molecule has 0 rings (SSSR count). The maximum absolute atomic E-state index is 10.3. The first-order valence-electron chi connectivity index (χ1n) is 8.29. The summed E-state index contributed by atoms with van der Waals surface area (Å²) in [4.78, 5) is 10.3. The second-order valence-corrected chi connectivity index (χ2v) is 5.36. The SMILES string of the molecule is CCCCC=CCCCCCCC=CCCCC(=O)O. The van der Waals surface area contributed by atoms with Crippen molar-refractivity contribution in [3.63, 3.8) is 0 Å². The Labute approximate surface area is 125 Å². The fourth-order valence-corrected chi connectivity index (χ4v) is 2.04. The molecule has 0 bridgehead atoms. The Balaban J connectivity index is 3.14. The van der Waals surface area contributed by atoms with Crippen molar-refractivity contribution in [3.05, 3.63) is 24.3 Å². The predicted octanol–water partition coefficient (Wildman–Crippen LogP) is 5.88. The van der Waals surface area contributed by atoms with Gasteiger partial charge in [-0.15, -0.1) is 0 Å². The van der Waals surface area contributed by atoms with Gasteiger partial charge in [-0.25, -0.2) is 0 Å². The van der Waals surface area contributed by atoms with Gasteiger partial charge in [0.2, 0.25) is 0 Å². The molecule has 0 aromatic rings. The van der Waals surface area contributed by atoms with E-state index in [0.29, 0.717) is 0 Å². The van der Waals surface area contributed by atoms with Crippen molar-refractivity contribution in [1.82, 2.24) is 0 Å². The Morgan fingerprint density at radius 3 is 1.65 bits per heavy atom. The standard InChI is InChI=1S/C18H32O2/c1-2-3-4-5-6-7-8-9-10-11-12-13-14-15-16-17-18(19)20/h5-6,13-14H,2-4,7-12,15-17H2,1H3,(H,19,20). The molecule has 0 spiro atoms. The van der Waals surface area contributed by atoms with E-state index in [2.05, 4.69) is 31.2 Å². The van der Waals surface area contributed by atoms with Crippen LogP contribution in [0.3, 0.4) is 0 Å². The van der Waals surface area contributed by atoms with Gasteiger partial charge in [-0.1, -0.05) is 56.9 Å². The normalized spacial score (nSPS) is 11.7. The van der Waals surface area contributed by atoms with E-state index < -0.39 is 5.97 Å². The maximum Gasteiger partial charge on any atom is 0.303 e. The van der Waals surface area contributed by atoms with E-state index in [-0.39, 0.29) is 6.42 Å². The quantitative estimate of drug-likeness (QED) is 0.318. The van der Waals surface area contributed by atoms with E-state index >= 15 is 0 Å². The van der Waals surface area contributed by atoms with Crippen LogP contribution in [0.25, 0.3) is 0 Å². The van der Waals surface area contributed by atoms with E-state index in [1.165, 1.54) is 51.4 Å². The molecule has 0 saturated carbocycles. The average Bonchev–Trinajstić information content (AvgIpc) is 2.43. The predicted molar refractivity (Wildman–Crippen MR) is 87.0 cm³/mol. The molecule has 0 unspecified atom stereocenters. The molecule has 0 amide bonds. The van der Waals surface area contributed by atoms with E-state index in [1.807, 2.05) is 0 Å². The molecule has 0 radical (unpaired) electrons. The smallest absolute Gasteiger partial charge is 0.303 e. The van der Waals surface area contributed by atoms with E-state index in [1.54, 1.807) is 0 Å². The second kappa shape index (κ2) is 16.0. The summed E-state index contributed by atoms with van der Waals surface area (Å²) in [6.07, 6.45) is 22.3. The minimum absolute atomic E-state index is 0.288. The fourth-order valence-electron chi connectivity index (χ4n) is 2.04. The second-order valence-electron chi connectivity index (χ2n) is 5.36. The highest BCUT2D eigenvalue weighted by atomic mass is 16.4. The molecule has 2 heteroatoms. The van der Waals surface area contributed by atoms with Crippen LogP contribution in [-0.4, -0.2) is 11.1 Å². The summed E-state index contributed by atoms with van der Waals surface area (Å²) in [5.74, 6) is -0.692. The van der Waals surface area contributed by atoms with Gasteiger partial charge in [-0.2, -0.15) is 0 Å². The van der Waals surface area contributed by atoms with Crippen LogP contribution in [0.15, 0.2) is 24.3 Å². The zero-order valence-corrected chi connectivity index (χ0v) is 13.2. The van der Waals surface area contributed by atoms with Crippen molar-refractivity contribution in [2.75, 3.05) is 0 Å². The molecule has 0 saturated heterocycles. The highest BCUT2D eigenvalue weighted by molar-refractivity contribution is 5.66. The van der Waals surface area contributed by atoms with Crippen molar-refractivity contribution in [2.24, 2.45) is 0 Å². The third-order valence-electron chi connectivity index (χ3n) is 3.31. The average molecular weight is 280 g/mol. The van der Waals surface area contributed by atoms with E-state index in [9.17, 15) is 4.79 Å². The first-order valence-corrected chi connectivity index (χ1v) is 8.29. The van der Waals surface area contributed by atoms with Crippen LogP contribution >= 0.6 is 0 Å². The third-order valence-corrected chi connectivity index (χ3v) is 3.31. The fraction of sp³-hybridized carbons (Fsp3) is 0.722. The first kappa shape index (κ1) is 18.9. The van der Waals surface area contributed by atoms with Crippen molar-refractivity contribution in [1.29, 1.82) is 0 Å². The molecule has 0 aliphatic rings. The molecule has 0 atom stereocenters. The minimum Gasteiger partial charge on any atom is -0.481 e. The molecule has 0 heterocycles. The summed E-state index contributed by atoms with van der Waals surface area (Å²) in [5, 5.41) is 8.49. The maximum atomic E-state index is 10.3. The number of hydrogen-bond donors (Lipinski definition) is 1. The van der Waals surface area contributed by atoms with Gasteiger partial charge in [0.05, 0.1) is 0 Å². The Morgan fingerprint density at radius 1 is 0.750 bits per heavy atom. The van der Waals surface area contributed by atoms with Crippen LogP contribution in [0.1, 0.15) is 84.0 Å². The lowest BCUT2D eigenvalue weighted by Gasteiger charge is -1.97. The van der Waals surface area contributed by atoms with Gasteiger partial charge in [0.1, 0.15) is 0 Å². The lowest BCUT2D eigenvalue weighted by atomic mass is 10.1. The van der Waals surface area contributed by atoms with Crippen LogP contribution in [0.2, 0.25) is 0 Å². The number of unbranched alkanes of at least 4 members (excludes halogenated alkanes) is 8. The molecule has 0 aliphatic carbocycles.